The number of benzene rings is 1. The third kappa shape index (κ3) is 5.30. The molecule has 0 bridgehead atoms. The number of aromatic nitrogens is 4. The summed E-state index contributed by atoms with van der Waals surface area (Å²) in [5, 5.41) is 16.2. The van der Waals surface area contributed by atoms with Crippen LogP contribution in [-0.2, 0) is 6.42 Å². The highest BCUT2D eigenvalue weighted by atomic mass is 16.3. The molecule has 0 saturated carbocycles. The van der Waals surface area contributed by atoms with Crippen molar-refractivity contribution in [1.82, 2.24) is 25.3 Å². The third-order valence-corrected chi connectivity index (χ3v) is 5.33. The number of carbonyl (C=O) groups excluding carboxylic acids is 1. The molecule has 0 spiro atoms. The summed E-state index contributed by atoms with van der Waals surface area (Å²) in [6.07, 6.45) is 5.69. The number of rotatable bonds is 8. The standard InChI is InChI=1S/C25H26N6O2/c1-16-6-7-19(13-28-16)22-12-23(30-15-29-22)26-10-8-18-4-3-5-20-21(9-11-27-24(18)20)25(33)31-17(2)14-32/h3-7,9,11-13,15,17,32H,8,10,14H2,1-2H3,(H,31,33)(H,26,29,30). The topological polar surface area (TPSA) is 113 Å². The highest BCUT2D eigenvalue weighted by Crippen LogP contribution is 2.22. The summed E-state index contributed by atoms with van der Waals surface area (Å²) in [6.45, 7) is 4.23. The van der Waals surface area contributed by atoms with Crippen LogP contribution in [0.1, 0.15) is 28.5 Å². The fraction of sp³-hybridized carbons (Fsp3) is 0.240. The zero-order valence-corrected chi connectivity index (χ0v) is 18.6. The molecular weight excluding hydrogens is 416 g/mol. The maximum atomic E-state index is 12.6. The van der Waals surface area contributed by atoms with Gasteiger partial charge in [0.15, 0.2) is 0 Å². The molecule has 4 aromatic rings. The van der Waals surface area contributed by atoms with Crippen molar-refractivity contribution >= 4 is 22.6 Å². The van der Waals surface area contributed by atoms with E-state index in [2.05, 4.69) is 30.6 Å². The summed E-state index contributed by atoms with van der Waals surface area (Å²) in [4.78, 5) is 30.1. The van der Waals surface area contributed by atoms with Gasteiger partial charge in [-0.15, -0.1) is 0 Å². The van der Waals surface area contributed by atoms with E-state index < -0.39 is 0 Å². The predicted octanol–water partition coefficient (Wildman–Crippen LogP) is 3.16. The lowest BCUT2D eigenvalue weighted by molar-refractivity contribution is 0.0924. The maximum Gasteiger partial charge on any atom is 0.252 e. The van der Waals surface area contributed by atoms with E-state index in [4.69, 9.17) is 0 Å². The van der Waals surface area contributed by atoms with Gasteiger partial charge in [0.2, 0.25) is 0 Å². The Morgan fingerprint density at radius 3 is 2.76 bits per heavy atom. The minimum atomic E-state index is -0.318. The van der Waals surface area contributed by atoms with E-state index in [1.807, 2.05) is 43.3 Å². The first kappa shape index (κ1) is 22.3. The summed E-state index contributed by atoms with van der Waals surface area (Å²) in [5.74, 6) is 0.505. The zero-order valence-electron chi connectivity index (χ0n) is 18.6. The van der Waals surface area contributed by atoms with E-state index in [0.29, 0.717) is 18.5 Å². The Bertz CT molecular complexity index is 1260. The van der Waals surface area contributed by atoms with Gasteiger partial charge in [0.25, 0.3) is 5.91 Å². The van der Waals surface area contributed by atoms with Crippen LogP contribution < -0.4 is 10.6 Å². The van der Waals surface area contributed by atoms with Crippen LogP contribution in [0, 0.1) is 6.92 Å². The van der Waals surface area contributed by atoms with Crippen molar-refractivity contribution in [2.75, 3.05) is 18.5 Å². The van der Waals surface area contributed by atoms with Crippen molar-refractivity contribution in [2.45, 2.75) is 26.3 Å². The first-order valence-corrected chi connectivity index (χ1v) is 10.8. The van der Waals surface area contributed by atoms with Gasteiger partial charge in [0.1, 0.15) is 12.1 Å². The largest absolute Gasteiger partial charge is 0.394 e. The van der Waals surface area contributed by atoms with Gasteiger partial charge in [-0.05, 0) is 44.0 Å². The first-order valence-electron chi connectivity index (χ1n) is 10.8. The minimum Gasteiger partial charge on any atom is -0.394 e. The Kier molecular flexibility index (Phi) is 6.85. The molecule has 0 aliphatic heterocycles. The number of aliphatic hydroxyl groups is 1. The first-order chi connectivity index (χ1) is 16.0. The van der Waals surface area contributed by atoms with Crippen molar-refractivity contribution in [3.63, 3.8) is 0 Å². The van der Waals surface area contributed by atoms with Crippen molar-refractivity contribution in [3.05, 3.63) is 78.0 Å². The predicted molar refractivity (Wildman–Crippen MR) is 128 cm³/mol. The van der Waals surface area contributed by atoms with Crippen LogP contribution in [0.2, 0.25) is 0 Å². The van der Waals surface area contributed by atoms with Crippen molar-refractivity contribution < 1.29 is 9.90 Å². The molecule has 8 nitrogen and oxygen atoms in total. The van der Waals surface area contributed by atoms with Crippen LogP contribution in [0.3, 0.4) is 0 Å². The molecule has 0 fully saturated rings. The molecule has 1 atom stereocenters. The lowest BCUT2D eigenvalue weighted by Crippen LogP contribution is -2.35. The summed E-state index contributed by atoms with van der Waals surface area (Å²) < 4.78 is 0. The molecule has 1 aromatic carbocycles. The molecule has 0 radical (unpaired) electrons. The van der Waals surface area contributed by atoms with Gasteiger partial charge in [0, 0.05) is 47.7 Å². The number of hydrogen-bond acceptors (Lipinski definition) is 7. The fourth-order valence-corrected chi connectivity index (χ4v) is 3.54. The number of carbonyl (C=O) groups is 1. The molecule has 0 saturated heterocycles. The zero-order chi connectivity index (χ0) is 23.2. The Balaban J connectivity index is 1.48. The molecule has 3 aromatic heterocycles. The monoisotopic (exact) mass is 442 g/mol. The van der Waals surface area contributed by atoms with Crippen molar-refractivity contribution in [3.8, 4) is 11.3 Å². The quantitative estimate of drug-likeness (QED) is 0.384. The van der Waals surface area contributed by atoms with Crippen LogP contribution in [0.15, 0.2) is 61.2 Å². The van der Waals surface area contributed by atoms with Gasteiger partial charge in [-0.2, -0.15) is 0 Å². The average Bonchev–Trinajstić information content (AvgIpc) is 2.84. The summed E-state index contributed by atoms with van der Waals surface area (Å²) in [7, 11) is 0. The molecule has 8 heteroatoms. The number of aliphatic hydroxyl groups excluding tert-OH is 1. The molecule has 4 rings (SSSR count). The second kappa shape index (κ2) is 10.1. The molecule has 0 aliphatic rings. The SMILES string of the molecule is Cc1ccc(-c2cc(NCCc3cccc4c(C(=O)NC(C)CO)ccnc34)ncn2)cn1. The van der Waals surface area contributed by atoms with Crippen LogP contribution >= 0.6 is 0 Å². The molecule has 1 amide bonds. The minimum absolute atomic E-state index is 0.114. The molecule has 33 heavy (non-hydrogen) atoms. The van der Waals surface area contributed by atoms with Gasteiger partial charge in [-0.3, -0.25) is 14.8 Å². The molecule has 1 unspecified atom stereocenters. The number of aryl methyl sites for hydroxylation is 1. The second-order valence-electron chi connectivity index (χ2n) is 7.88. The number of nitrogens with zero attached hydrogens (tertiary/aromatic N) is 4. The van der Waals surface area contributed by atoms with Crippen molar-refractivity contribution in [2.24, 2.45) is 0 Å². The molecule has 0 aliphatic carbocycles. The molecule has 3 N–H and O–H groups in total. The number of para-hydroxylation sites is 1. The number of fused-ring (bicyclic) bond motifs is 1. The van der Waals surface area contributed by atoms with Crippen LogP contribution in [0.5, 0.6) is 0 Å². The van der Waals surface area contributed by atoms with Gasteiger partial charge >= 0.3 is 0 Å². The van der Waals surface area contributed by atoms with E-state index in [1.54, 1.807) is 25.4 Å². The third-order valence-electron chi connectivity index (χ3n) is 5.33. The van der Waals surface area contributed by atoms with Crippen LogP contribution in [0.25, 0.3) is 22.2 Å². The fourth-order valence-electron chi connectivity index (χ4n) is 3.54. The van der Waals surface area contributed by atoms with Crippen LogP contribution in [0.4, 0.5) is 5.82 Å². The summed E-state index contributed by atoms with van der Waals surface area (Å²) >= 11 is 0. The Morgan fingerprint density at radius 2 is 1.97 bits per heavy atom. The normalized spacial score (nSPS) is 11.8. The second-order valence-corrected chi connectivity index (χ2v) is 7.88. The van der Waals surface area contributed by atoms with E-state index in [9.17, 15) is 9.90 Å². The smallest absolute Gasteiger partial charge is 0.252 e. The number of amides is 1. The van der Waals surface area contributed by atoms with E-state index in [0.717, 1.165) is 39.2 Å². The Labute approximate surface area is 192 Å². The highest BCUT2D eigenvalue weighted by molar-refractivity contribution is 6.06. The maximum absolute atomic E-state index is 12.6. The number of hydrogen-bond donors (Lipinski definition) is 3. The summed E-state index contributed by atoms with van der Waals surface area (Å²) in [6, 6.07) is 13.1. The van der Waals surface area contributed by atoms with E-state index in [-0.39, 0.29) is 18.6 Å². The van der Waals surface area contributed by atoms with Gasteiger partial charge in [0.05, 0.1) is 23.4 Å². The Morgan fingerprint density at radius 1 is 1.09 bits per heavy atom. The lowest BCUT2D eigenvalue weighted by atomic mass is 10.0. The molecule has 3 heterocycles. The van der Waals surface area contributed by atoms with E-state index in [1.165, 1.54) is 6.33 Å². The van der Waals surface area contributed by atoms with Gasteiger partial charge < -0.3 is 15.7 Å². The molecule has 168 valence electrons. The number of pyridine rings is 2. The number of nitrogens with one attached hydrogen (secondary N) is 2. The van der Waals surface area contributed by atoms with Gasteiger partial charge in [-0.25, -0.2) is 9.97 Å². The van der Waals surface area contributed by atoms with Gasteiger partial charge in [-0.1, -0.05) is 18.2 Å². The van der Waals surface area contributed by atoms with Crippen molar-refractivity contribution in [1.29, 1.82) is 0 Å². The van der Waals surface area contributed by atoms with Crippen LogP contribution in [-0.4, -0.2) is 50.1 Å². The van der Waals surface area contributed by atoms with E-state index >= 15 is 0 Å². The average molecular weight is 443 g/mol. The molecular formula is C25H26N6O2. The highest BCUT2D eigenvalue weighted by Gasteiger charge is 2.14. The Hall–Kier alpha value is -3.91. The lowest BCUT2D eigenvalue weighted by Gasteiger charge is -2.13. The summed E-state index contributed by atoms with van der Waals surface area (Å²) in [5.41, 5.74) is 5.06. The number of anilines is 1.